The molecule has 1 aliphatic rings. The summed E-state index contributed by atoms with van der Waals surface area (Å²) in [5.74, 6) is 1.59. The van der Waals surface area contributed by atoms with Crippen LogP contribution in [0.2, 0.25) is 0 Å². The third kappa shape index (κ3) is 3.95. The SMILES string of the molecule is COc1ccc(CC2c3c(C)cccc3CC[N+]2(C)C)cc1OC.[I-]. The van der Waals surface area contributed by atoms with E-state index in [1.54, 1.807) is 14.2 Å². The van der Waals surface area contributed by atoms with Gasteiger partial charge in [0.05, 0.1) is 34.9 Å². The second kappa shape index (κ2) is 7.96. The van der Waals surface area contributed by atoms with E-state index in [0.29, 0.717) is 6.04 Å². The number of hydrogen-bond acceptors (Lipinski definition) is 2. The van der Waals surface area contributed by atoms with Gasteiger partial charge >= 0.3 is 0 Å². The number of quaternary nitrogens is 1. The largest absolute Gasteiger partial charge is 1.00 e. The molecule has 2 aromatic rings. The number of methoxy groups -OCH3 is 2. The summed E-state index contributed by atoms with van der Waals surface area (Å²) in [5, 5.41) is 0. The Balaban J connectivity index is 0.00000225. The van der Waals surface area contributed by atoms with Gasteiger partial charge in [-0.3, -0.25) is 0 Å². The first-order valence-electron chi connectivity index (χ1n) is 8.58. The summed E-state index contributed by atoms with van der Waals surface area (Å²) in [6.07, 6.45) is 2.16. The van der Waals surface area contributed by atoms with Crippen LogP contribution < -0.4 is 33.5 Å². The lowest BCUT2D eigenvalue weighted by Gasteiger charge is -2.43. The highest BCUT2D eigenvalue weighted by Gasteiger charge is 2.36. The van der Waals surface area contributed by atoms with E-state index in [0.717, 1.165) is 28.8 Å². The van der Waals surface area contributed by atoms with Crippen LogP contribution in [0.1, 0.15) is 28.3 Å². The van der Waals surface area contributed by atoms with Crippen molar-refractivity contribution in [1.29, 1.82) is 0 Å². The first-order chi connectivity index (χ1) is 11.5. The number of rotatable bonds is 4. The Kier molecular flexibility index (Phi) is 6.38. The highest BCUT2D eigenvalue weighted by molar-refractivity contribution is 5.44. The third-order valence-corrected chi connectivity index (χ3v) is 5.43. The molecule has 0 aromatic heterocycles. The molecule has 3 nitrogen and oxygen atoms in total. The molecule has 2 aromatic carbocycles. The van der Waals surface area contributed by atoms with Gasteiger partial charge in [0, 0.05) is 18.4 Å². The van der Waals surface area contributed by atoms with Crippen LogP contribution in [0.25, 0.3) is 0 Å². The Labute approximate surface area is 168 Å². The quantitative estimate of drug-likeness (QED) is 0.507. The number of benzene rings is 2. The Morgan fingerprint density at radius 1 is 1.04 bits per heavy atom. The standard InChI is InChI=1S/C21H28NO2.HI/c1-15-7-6-8-17-11-12-22(2,3)18(21(15)17)13-16-9-10-19(23-4)20(14-16)24-5;/h6-10,14,18H,11-13H2,1-5H3;1H/q+1;/p-1. The molecule has 0 saturated carbocycles. The summed E-state index contributed by atoms with van der Waals surface area (Å²) >= 11 is 0. The Morgan fingerprint density at radius 3 is 2.44 bits per heavy atom. The lowest BCUT2D eigenvalue weighted by molar-refractivity contribution is -0.923. The molecule has 136 valence electrons. The number of halogens is 1. The molecule has 1 aliphatic heterocycles. The third-order valence-electron chi connectivity index (χ3n) is 5.43. The summed E-state index contributed by atoms with van der Waals surface area (Å²) < 4.78 is 11.9. The lowest BCUT2D eigenvalue weighted by Crippen LogP contribution is -3.00. The maximum Gasteiger partial charge on any atom is 0.160 e. The fourth-order valence-electron chi connectivity index (χ4n) is 3.93. The zero-order valence-electron chi connectivity index (χ0n) is 15.8. The number of fused-ring (bicyclic) bond motifs is 1. The molecule has 1 heterocycles. The van der Waals surface area contributed by atoms with Gasteiger partial charge in [-0.1, -0.05) is 24.3 Å². The van der Waals surface area contributed by atoms with E-state index in [9.17, 15) is 0 Å². The minimum Gasteiger partial charge on any atom is -1.00 e. The van der Waals surface area contributed by atoms with Crippen LogP contribution >= 0.6 is 0 Å². The van der Waals surface area contributed by atoms with Gasteiger partial charge < -0.3 is 37.9 Å². The normalized spacial score (nSPS) is 18.0. The Morgan fingerprint density at radius 2 is 1.76 bits per heavy atom. The monoisotopic (exact) mass is 453 g/mol. The molecule has 25 heavy (non-hydrogen) atoms. The molecule has 1 unspecified atom stereocenters. The zero-order chi connectivity index (χ0) is 17.3. The van der Waals surface area contributed by atoms with Crippen molar-refractivity contribution in [1.82, 2.24) is 0 Å². The molecule has 4 heteroatoms. The van der Waals surface area contributed by atoms with Crippen molar-refractivity contribution in [2.75, 3.05) is 34.9 Å². The number of hydrogen-bond donors (Lipinski definition) is 0. The minimum atomic E-state index is 0. The smallest absolute Gasteiger partial charge is 0.160 e. The van der Waals surface area contributed by atoms with Gasteiger partial charge in [0.25, 0.3) is 0 Å². The lowest BCUT2D eigenvalue weighted by atomic mass is 9.84. The van der Waals surface area contributed by atoms with E-state index >= 15 is 0 Å². The van der Waals surface area contributed by atoms with E-state index in [-0.39, 0.29) is 24.0 Å². The molecule has 0 saturated heterocycles. The first kappa shape index (κ1) is 20.0. The van der Waals surface area contributed by atoms with Crippen molar-refractivity contribution in [3.8, 4) is 11.5 Å². The second-order valence-electron chi connectivity index (χ2n) is 7.31. The predicted molar refractivity (Wildman–Crippen MR) is 97.8 cm³/mol. The van der Waals surface area contributed by atoms with Crippen LogP contribution in [0.4, 0.5) is 0 Å². The topological polar surface area (TPSA) is 18.5 Å². The summed E-state index contributed by atoms with van der Waals surface area (Å²) in [7, 11) is 8.07. The van der Waals surface area contributed by atoms with E-state index in [1.807, 2.05) is 6.07 Å². The minimum absolute atomic E-state index is 0. The Hall–Kier alpha value is -1.27. The number of aryl methyl sites for hydroxylation is 1. The van der Waals surface area contributed by atoms with Crippen LogP contribution in [-0.4, -0.2) is 39.3 Å². The van der Waals surface area contributed by atoms with Crippen molar-refractivity contribution >= 4 is 0 Å². The summed E-state index contributed by atoms with van der Waals surface area (Å²) in [6, 6.07) is 13.5. The van der Waals surface area contributed by atoms with E-state index in [1.165, 1.54) is 28.8 Å². The maximum atomic E-state index is 5.48. The van der Waals surface area contributed by atoms with Crippen molar-refractivity contribution in [3.63, 3.8) is 0 Å². The first-order valence-corrected chi connectivity index (χ1v) is 8.58. The summed E-state index contributed by atoms with van der Waals surface area (Å²) in [5.41, 5.74) is 5.74. The van der Waals surface area contributed by atoms with Gasteiger partial charge in [-0.25, -0.2) is 0 Å². The molecule has 3 rings (SSSR count). The van der Waals surface area contributed by atoms with Crippen molar-refractivity contribution in [3.05, 3.63) is 58.7 Å². The zero-order valence-corrected chi connectivity index (χ0v) is 18.0. The van der Waals surface area contributed by atoms with Gasteiger partial charge in [0.15, 0.2) is 11.5 Å². The van der Waals surface area contributed by atoms with Crippen LogP contribution in [0.3, 0.4) is 0 Å². The van der Waals surface area contributed by atoms with Gasteiger partial charge in [-0.05, 0) is 35.7 Å². The predicted octanol–water partition coefficient (Wildman–Crippen LogP) is 0.933. The van der Waals surface area contributed by atoms with E-state index in [2.05, 4.69) is 51.4 Å². The molecule has 0 N–H and O–H groups in total. The molecule has 0 fully saturated rings. The van der Waals surface area contributed by atoms with Crippen molar-refractivity contribution in [2.45, 2.75) is 25.8 Å². The summed E-state index contributed by atoms with van der Waals surface area (Å²) in [4.78, 5) is 0. The van der Waals surface area contributed by atoms with Gasteiger partial charge in [0.2, 0.25) is 0 Å². The molecule has 0 bridgehead atoms. The number of likely N-dealkylation sites (N-methyl/N-ethyl adjacent to an activating group) is 1. The molecule has 1 atom stereocenters. The summed E-state index contributed by atoms with van der Waals surface area (Å²) in [6.45, 7) is 3.42. The van der Waals surface area contributed by atoms with Crippen LogP contribution in [0.5, 0.6) is 11.5 Å². The molecule has 0 spiro atoms. The average molecular weight is 453 g/mol. The Bertz CT molecular complexity index is 743. The number of nitrogens with zero attached hydrogens (tertiary/aromatic N) is 1. The van der Waals surface area contributed by atoms with Crippen molar-refractivity contribution in [2.24, 2.45) is 0 Å². The van der Waals surface area contributed by atoms with Crippen LogP contribution in [-0.2, 0) is 12.8 Å². The molecule has 0 aliphatic carbocycles. The highest BCUT2D eigenvalue weighted by Crippen LogP contribution is 2.39. The van der Waals surface area contributed by atoms with Gasteiger partial charge in [0.1, 0.15) is 6.04 Å². The van der Waals surface area contributed by atoms with Gasteiger partial charge in [-0.2, -0.15) is 0 Å². The average Bonchev–Trinajstić information content (AvgIpc) is 2.57. The molecule has 0 radical (unpaired) electrons. The van der Waals surface area contributed by atoms with E-state index < -0.39 is 0 Å². The van der Waals surface area contributed by atoms with Crippen LogP contribution in [0, 0.1) is 6.92 Å². The molecular formula is C21H28INO2. The fraction of sp³-hybridized carbons (Fsp3) is 0.429. The van der Waals surface area contributed by atoms with Gasteiger partial charge in [-0.15, -0.1) is 0 Å². The van der Waals surface area contributed by atoms with E-state index in [4.69, 9.17) is 9.47 Å². The second-order valence-corrected chi connectivity index (χ2v) is 7.31. The molecule has 0 amide bonds. The molecular weight excluding hydrogens is 425 g/mol. The maximum absolute atomic E-state index is 5.48. The number of ether oxygens (including phenoxy) is 2. The highest BCUT2D eigenvalue weighted by atomic mass is 127. The fourth-order valence-corrected chi connectivity index (χ4v) is 3.93. The van der Waals surface area contributed by atoms with Crippen molar-refractivity contribution < 1.29 is 37.9 Å². The van der Waals surface area contributed by atoms with Crippen LogP contribution in [0.15, 0.2) is 36.4 Å².